The number of nitrogens with zero attached hydrogens (tertiary/aromatic N) is 1. The smallest absolute Gasteiger partial charge is 0.356 e. The molecule has 226 valence electrons. The highest BCUT2D eigenvalue weighted by atomic mass is 32.2. The summed E-state index contributed by atoms with van der Waals surface area (Å²) in [5.41, 5.74) is -1.14. The lowest BCUT2D eigenvalue weighted by Gasteiger charge is -2.36. The molecule has 10 nitrogen and oxygen atoms in total. The number of rotatable bonds is 8. The lowest BCUT2D eigenvalue weighted by atomic mass is 9.85. The van der Waals surface area contributed by atoms with Gasteiger partial charge in [0.2, 0.25) is 32.7 Å². The van der Waals surface area contributed by atoms with E-state index in [1.807, 2.05) is 0 Å². The third kappa shape index (κ3) is 7.32. The number of sulfone groups is 1. The van der Waals surface area contributed by atoms with Crippen molar-refractivity contribution >= 4 is 33.5 Å². The zero-order valence-corrected chi connectivity index (χ0v) is 23.6. The maximum atomic E-state index is 14.5. The maximum absolute atomic E-state index is 14.5. The molecule has 3 fully saturated rings. The third-order valence-corrected chi connectivity index (χ3v) is 8.65. The number of likely N-dealkylation sites (tertiary alicyclic amines) is 1. The second kappa shape index (κ2) is 11.6. The first-order valence-corrected chi connectivity index (χ1v) is 15.0. The van der Waals surface area contributed by atoms with Crippen LogP contribution in [0.2, 0.25) is 0 Å². The Morgan fingerprint density at radius 3 is 2.30 bits per heavy atom. The van der Waals surface area contributed by atoms with Crippen LogP contribution in [0.25, 0.3) is 0 Å². The number of carbonyl (C=O) groups is 4. The third-order valence-electron chi connectivity index (χ3n) is 7.80. The Bertz CT molecular complexity index is 1170. The van der Waals surface area contributed by atoms with E-state index in [1.54, 1.807) is 5.32 Å². The summed E-state index contributed by atoms with van der Waals surface area (Å²) >= 11 is 0. The van der Waals surface area contributed by atoms with Gasteiger partial charge in [0, 0.05) is 25.3 Å². The van der Waals surface area contributed by atoms with Crippen LogP contribution in [0.3, 0.4) is 0 Å². The van der Waals surface area contributed by atoms with Gasteiger partial charge in [0.1, 0.15) is 12.1 Å². The molecule has 3 N–H and O–H groups in total. The summed E-state index contributed by atoms with van der Waals surface area (Å²) < 4.78 is 77.1. The van der Waals surface area contributed by atoms with E-state index in [9.17, 15) is 45.2 Å². The van der Waals surface area contributed by atoms with E-state index in [1.165, 1.54) is 25.7 Å². The molecule has 0 aromatic rings. The largest absolute Gasteiger partial charge is 0.471 e. The van der Waals surface area contributed by atoms with Crippen LogP contribution in [0, 0.1) is 23.2 Å². The average molecular weight is 597 g/mol. The molecule has 2 heterocycles. The molecule has 2 aliphatic heterocycles. The van der Waals surface area contributed by atoms with Crippen molar-refractivity contribution in [2.75, 3.05) is 19.3 Å². The molecule has 0 spiro atoms. The van der Waals surface area contributed by atoms with Gasteiger partial charge in [-0.2, -0.15) is 17.6 Å². The summed E-state index contributed by atoms with van der Waals surface area (Å²) in [7, 11) is -4.24. The molecule has 1 aliphatic carbocycles. The van der Waals surface area contributed by atoms with E-state index in [-0.39, 0.29) is 30.7 Å². The summed E-state index contributed by atoms with van der Waals surface area (Å²) in [5.74, 6) is -5.25. The zero-order chi connectivity index (χ0) is 30.2. The Balaban J connectivity index is 1.91. The summed E-state index contributed by atoms with van der Waals surface area (Å²) in [6, 6.07) is -3.95. The van der Waals surface area contributed by atoms with Crippen LogP contribution < -0.4 is 16.0 Å². The van der Waals surface area contributed by atoms with Gasteiger partial charge < -0.3 is 20.9 Å². The van der Waals surface area contributed by atoms with Gasteiger partial charge in [-0.1, -0.05) is 27.2 Å². The molecule has 0 aromatic heterocycles. The van der Waals surface area contributed by atoms with Crippen LogP contribution in [0.5, 0.6) is 0 Å². The number of hydrogen-bond acceptors (Lipinski definition) is 6. The van der Waals surface area contributed by atoms with Gasteiger partial charge in [-0.15, -0.1) is 0 Å². The highest BCUT2D eigenvalue weighted by Crippen LogP contribution is 2.43. The van der Waals surface area contributed by atoms with Crippen molar-refractivity contribution in [1.29, 1.82) is 0 Å². The maximum Gasteiger partial charge on any atom is 0.471 e. The first-order chi connectivity index (χ1) is 18.3. The van der Waals surface area contributed by atoms with Gasteiger partial charge in [-0.05, 0) is 49.0 Å². The lowest BCUT2D eigenvalue weighted by Crippen LogP contribution is -2.60. The Kier molecular flexibility index (Phi) is 9.26. The minimum atomic E-state index is -5.22. The van der Waals surface area contributed by atoms with Gasteiger partial charge in [0.25, 0.3) is 0 Å². The van der Waals surface area contributed by atoms with Crippen LogP contribution in [0.1, 0.15) is 52.9 Å². The molecule has 3 rings (SSSR count). The summed E-state index contributed by atoms with van der Waals surface area (Å²) in [6.07, 6.45) is -1.55. The predicted octanol–water partition coefficient (Wildman–Crippen LogP) is 1.57. The van der Waals surface area contributed by atoms with Crippen molar-refractivity contribution in [3.63, 3.8) is 0 Å². The van der Waals surface area contributed by atoms with E-state index in [4.69, 9.17) is 0 Å². The minimum absolute atomic E-state index is 0.0826. The molecule has 40 heavy (non-hydrogen) atoms. The summed E-state index contributed by atoms with van der Waals surface area (Å²) in [5, 5.41) is 5.50. The predicted molar refractivity (Wildman–Crippen MR) is 135 cm³/mol. The second-order valence-electron chi connectivity index (χ2n) is 11.9. The fraction of sp³-hybridized carbons (Fsp3) is 0.760. The number of nitrogens with one attached hydrogen (secondary N) is 3. The van der Waals surface area contributed by atoms with Crippen LogP contribution in [-0.2, 0) is 29.0 Å². The van der Waals surface area contributed by atoms with Crippen molar-refractivity contribution in [3.8, 4) is 0 Å². The minimum Gasteiger partial charge on any atom is -0.356 e. The number of amides is 4. The Labute approximate surface area is 230 Å². The van der Waals surface area contributed by atoms with Crippen molar-refractivity contribution < 1.29 is 45.2 Å². The highest BCUT2D eigenvalue weighted by molar-refractivity contribution is 7.94. The standard InChI is InChI=1S/C25H36F4N4O6S/c1-24(2,3)19(32-23(37)25(27,28)29)22(36)33-12-14-6-5-7-16(14)18(33)21(35)31-15(11-17(26)40(4,38)39)10-13-8-9-30-20(13)34/h11,13-16,18-19H,5-10,12H2,1-4H3,(H,30,34)(H,31,35)(H,32,37)/b17-11+/t13-,14-,15-,16-,18+,19+/m1/s1. The van der Waals surface area contributed by atoms with Crippen LogP contribution >= 0.6 is 0 Å². The first-order valence-electron chi connectivity index (χ1n) is 13.1. The number of carbonyl (C=O) groups excluding carboxylic acids is 4. The molecule has 1 saturated carbocycles. The molecule has 0 bridgehead atoms. The number of alkyl halides is 3. The van der Waals surface area contributed by atoms with Crippen molar-refractivity contribution in [1.82, 2.24) is 20.9 Å². The van der Waals surface area contributed by atoms with Gasteiger partial charge in [-0.3, -0.25) is 19.2 Å². The second-order valence-corrected chi connectivity index (χ2v) is 13.9. The van der Waals surface area contributed by atoms with Crippen LogP contribution in [0.15, 0.2) is 11.2 Å². The van der Waals surface area contributed by atoms with E-state index < -0.39 is 68.4 Å². The molecule has 0 aromatic carbocycles. The molecule has 4 amide bonds. The average Bonchev–Trinajstić information content (AvgIpc) is 3.50. The molecule has 6 atom stereocenters. The van der Waals surface area contributed by atoms with Gasteiger partial charge in [-0.25, -0.2) is 8.42 Å². The molecule has 0 radical (unpaired) electrons. The van der Waals surface area contributed by atoms with Gasteiger partial charge in [0.15, 0.2) is 0 Å². The fourth-order valence-electron chi connectivity index (χ4n) is 5.79. The quantitative estimate of drug-likeness (QED) is 0.364. The molecule has 0 unspecified atom stereocenters. The lowest BCUT2D eigenvalue weighted by molar-refractivity contribution is -0.176. The molecule has 2 saturated heterocycles. The highest BCUT2D eigenvalue weighted by Gasteiger charge is 2.53. The van der Waals surface area contributed by atoms with Gasteiger partial charge >= 0.3 is 12.1 Å². The Hall–Kier alpha value is -2.71. The van der Waals surface area contributed by atoms with Crippen molar-refractivity contribution in [2.24, 2.45) is 23.2 Å². The number of hydrogen-bond donors (Lipinski definition) is 3. The van der Waals surface area contributed by atoms with Crippen LogP contribution in [0.4, 0.5) is 17.6 Å². The topological polar surface area (TPSA) is 142 Å². The summed E-state index contributed by atoms with van der Waals surface area (Å²) in [4.78, 5) is 52.4. The van der Waals surface area contributed by atoms with Crippen LogP contribution in [-0.4, -0.2) is 80.6 Å². The molecule has 3 aliphatic rings. The van der Waals surface area contributed by atoms with E-state index >= 15 is 0 Å². The number of halogens is 4. The SMILES string of the molecule is CC(C)(C)[C@@H](NC(=O)C(F)(F)F)C(=O)N1C[C@H]2CCC[C@H]2[C@H]1C(=O)N[C@@H](/C=C(\F)S(C)(=O)=O)C[C@H]1CCNC1=O. The monoisotopic (exact) mass is 596 g/mol. The fourth-order valence-corrected chi connectivity index (χ4v) is 6.20. The van der Waals surface area contributed by atoms with E-state index in [0.717, 1.165) is 6.42 Å². The van der Waals surface area contributed by atoms with Crippen molar-refractivity contribution in [2.45, 2.75) is 77.2 Å². The van der Waals surface area contributed by atoms with Gasteiger partial charge in [0.05, 0.1) is 6.04 Å². The summed E-state index contributed by atoms with van der Waals surface area (Å²) in [6.45, 7) is 4.91. The van der Waals surface area contributed by atoms with Crippen molar-refractivity contribution in [3.05, 3.63) is 11.2 Å². The van der Waals surface area contributed by atoms with E-state index in [2.05, 4.69) is 10.6 Å². The van der Waals surface area contributed by atoms with E-state index in [0.29, 0.717) is 38.1 Å². The Morgan fingerprint density at radius 2 is 1.77 bits per heavy atom. The first kappa shape index (κ1) is 31.8. The molecule has 15 heteroatoms. The molecular formula is C25H36F4N4O6S. The number of fused-ring (bicyclic) bond motifs is 1. The molecular weight excluding hydrogens is 560 g/mol. The normalized spacial score (nSPS) is 27.1. The Morgan fingerprint density at radius 1 is 1.12 bits per heavy atom. The zero-order valence-electron chi connectivity index (χ0n) is 22.8.